The average molecular weight is 971 g/mol. The van der Waals surface area contributed by atoms with Crippen molar-refractivity contribution in [3.8, 4) is 62.1 Å². The Hall–Kier alpha value is -8.58. The maximum atomic E-state index is 6.96. The molecule has 3 aromatic heterocycles. The van der Waals surface area contributed by atoms with Gasteiger partial charge >= 0.3 is 0 Å². The number of hydrogen-bond acceptors (Lipinski definition) is 2. The molecule has 0 spiro atoms. The molecule has 2 aliphatic rings. The van der Waals surface area contributed by atoms with Crippen LogP contribution >= 0.6 is 0 Å². The first-order valence-corrected chi connectivity index (χ1v) is 27.8. The van der Waals surface area contributed by atoms with Crippen molar-refractivity contribution in [2.24, 2.45) is 0 Å². The first kappa shape index (κ1) is 44.1. The van der Waals surface area contributed by atoms with Gasteiger partial charge in [-0.2, -0.15) is 0 Å². The van der Waals surface area contributed by atoms with Gasteiger partial charge in [0.2, 0.25) is 0 Å². The van der Waals surface area contributed by atoms with Crippen molar-refractivity contribution >= 4 is 61.7 Å². The number of pyridine rings is 1. The molecule has 5 nitrogen and oxygen atoms in total. The molecular weight excluding hydrogens is 917 g/mol. The van der Waals surface area contributed by atoms with Crippen molar-refractivity contribution in [2.45, 2.75) is 52.4 Å². The van der Waals surface area contributed by atoms with Gasteiger partial charge in [0.05, 0.1) is 33.4 Å². The summed E-state index contributed by atoms with van der Waals surface area (Å²) in [5.74, 6) is 2.47. The van der Waals surface area contributed by atoms with E-state index in [2.05, 4.69) is 268 Å². The second kappa shape index (κ2) is 16.2. The van der Waals surface area contributed by atoms with Gasteiger partial charge < -0.3 is 4.74 Å². The molecule has 0 atom stereocenters. The Labute approximate surface area is 433 Å². The summed E-state index contributed by atoms with van der Waals surface area (Å²) < 4.78 is 13.8. The SMILES string of the molecule is CC(C)(C)c1ccc([Si]2(c3ccc(C(C)(C)C)cc3)c3cccnc3-n3c4cc(Oc5cccc(-n6[c-][n+]7c8c(cccc86)-c6ccccc6-c6ccccc6-c6ccccc6-7)c5)ccc4c4cccc2c43)cc1. The topological polar surface area (TPSA) is 35.9 Å². The fourth-order valence-corrected chi connectivity index (χ4v) is 17.2. The Balaban J connectivity index is 0.919. The third-order valence-electron chi connectivity index (χ3n) is 15.8. The van der Waals surface area contributed by atoms with Crippen molar-refractivity contribution in [1.29, 1.82) is 0 Å². The standard InChI is InChI=1S/C68H54N4OSi/c1-67(2,3)44-30-35-49(36-31-44)74(50-37-32-45(33-38-50)68(4,5)6)62-28-15-25-58-56-39-34-48(42-61(56)72(65(58)62)66-63(74)29-16-40-69-66)73-47-18-13-17-46(41-47)70-43-71-59-26-12-11-23-55(59)53-21-9-7-19-51(53)52-20-8-10-22-54(52)57-24-14-27-60(70)64(57)71/h7-42H,1-6H3. The first-order valence-electron chi connectivity index (χ1n) is 25.8. The van der Waals surface area contributed by atoms with Crippen LogP contribution in [0.5, 0.6) is 11.5 Å². The molecule has 0 saturated carbocycles. The Morgan fingerprint density at radius 2 is 1.04 bits per heavy atom. The molecule has 0 fully saturated rings. The molecule has 356 valence electrons. The lowest BCUT2D eigenvalue weighted by molar-refractivity contribution is -0.571. The van der Waals surface area contributed by atoms with E-state index in [1.165, 1.54) is 70.4 Å². The minimum absolute atomic E-state index is 0.0301. The third-order valence-corrected chi connectivity index (χ3v) is 20.6. The van der Waals surface area contributed by atoms with Gasteiger partial charge in [0, 0.05) is 23.0 Å². The van der Waals surface area contributed by atoms with E-state index in [0.717, 1.165) is 56.4 Å². The van der Waals surface area contributed by atoms with Crippen LogP contribution in [0.3, 0.4) is 0 Å². The van der Waals surface area contributed by atoms with E-state index in [1.54, 1.807) is 0 Å². The Morgan fingerprint density at radius 3 is 1.72 bits per heavy atom. The Kier molecular flexibility index (Phi) is 9.67. The van der Waals surface area contributed by atoms with E-state index in [4.69, 9.17) is 9.72 Å². The quantitative estimate of drug-likeness (QED) is 0.0979. The molecule has 0 saturated heterocycles. The zero-order valence-corrected chi connectivity index (χ0v) is 43.5. The van der Waals surface area contributed by atoms with Gasteiger partial charge in [0.25, 0.3) is 6.33 Å². The molecule has 0 unspecified atom stereocenters. The molecule has 6 heteroatoms. The Bertz CT molecular complexity index is 4180. The van der Waals surface area contributed by atoms with Crippen LogP contribution in [0.4, 0.5) is 0 Å². The molecule has 0 N–H and O–H groups in total. The summed E-state index contributed by atoms with van der Waals surface area (Å²) in [6, 6.07) is 78.3. The summed E-state index contributed by atoms with van der Waals surface area (Å²) in [6.07, 6.45) is 5.80. The fourth-order valence-electron chi connectivity index (χ4n) is 12.2. The number of ether oxygens (including phenoxy) is 1. The minimum atomic E-state index is -2.95. The van der Waals surface area contributed by atoms with E-state index < -0.39 is 8.07 Å². The number of imidazole rings is 1. The smallest absolute Gasteiger partial charge is 0.269 e. The zero-order chi connectivity index (χ0) is 50.1. The second-order valence-electron chi connectivity index (χ2n) is 22.1. The molecule has 9 aromatic carbocycles. The molecule has 14 rings (SSSR count). The second-order valence-corrected chi connectivity index (χ2v) is 25.9. The minimum Gasteiger partial charge on any atom is -0.458 e. The predicted molar refractivity (Wildman–Crippen MR) is 307 cm³/mol. The highest BCUT2D eigenvalue weighted by Gasteiger charge is 2.48. The van der Waals surface area contributed by atoms with Crippen LogP contribution in [0.2, 0.25) is 0 Å². The largest absolute Gasteiger partial charge is 0.458 e. The van der Waals surface area contributed by atoms with Gasteiger partial charge in [-0.15, -0.1) is 0 Å². The molecule has 0 aliphatic carbocycles. The predicted octanol–water partition coefficient (Wildman–Crippen LogP) is 13.6. The third kappa shape index (κ3) is 6.54. The number of fused-ring (bicyclic) bond motifs is 12. The first-order chi connectivity index (χ1) is 36.0. The van der Waals surface area contributed by atoms with Crippen LogP contribution in [0.1, 0.15) is 52.7 Å². The molecule has 0 radical (unpaired) electrons. The lowest BCUT2D eigenvalue weighted by atomic mass is 9.87. The molecule has 0 amide bonds. The highest BCUT2D eigenvalue weighted by molar-refractivity contribution is 7.21. The summed E-state index contributed by atoms with van der Waals surface area (Å²) >= 11 is 0. The fraction of sp³-hybridized carbons (Fsp3) is 0.118. The summed E-state index contributed by atoms with van der Waals surface area (Å²) in [7, 11) is -2.95. The van der Waals surface area contributed by atoms with Gasteiger partial charge in [-0.1, -0.05) is 205 Å². The normalized spacial score (nSPS) is 13.4. The summed E-state index contributed by atoms with van der Waals surface area (Å²) in [6.45, 7) is 13.8. The van der Waals surface area contributed by atoms with Crippen LogP contribution in [-0.2, 0) is 10.8 Å². The number of aromatic nitrogens is 4. The van der Waals surface area contributed by atoms with Crippen molar-refractivity contribution in [2.75, 3.05) is 0 Å². The van der Waals surface area contributed by atoms with Gasteiger partial charge in [0.1, 0.15) is 17.3 Å². The number of rotatable bonds is 5. The highest BCUT2D eigenvalue weighted by atomic mass is 28.3. The van der Waals surface area contributed by atoms with Gasteiger partial charge in [-0.25, -0.2) is 4.98 Å². The van der Waals surface area contributed by atoms with E-state index in [-0.39, 0.29) is 10.8 Å². The lowest BCUT2D eigenvalue weighted by Crippen LogP contribution is -2.76. The van der Waals surface area contributed by atoms with Crippen LogP contribution < -0.4 is 30.1 Å². The Morgan fingerprint density at radius 1 is 0.473 bits per heavy atom. The zero-order valence-electron chi connectivity index (χ0n) is 42.5. The maximum absolute atomic E-state index is 6.96. The van der Waals surface area contributed by atoms with Gasteiger partial charge in [-0.05, 0) is 119 Å². The maximum Gasteiger partial charge on any atom is 0.269 e. The molecule has 74 heavy (non-hydrogen) atoms. The van der Waals surface area contributed by atoms with Gasteiger partial charge in [-0.3, -0.25) is 13.7 Å². The molecule has 2 aliphatic heterocycles. The summed E-state index contributed by atoms with van der Waals surface area (Å²) in [5.41, 5.74) is 16.3. The monoisotopic (exact) mass is 970 g/mol. The molecule has 12 aromatic rings. The van der Waals surface area contributed by atoms with E-state index in [1.807, 2.05) is 12.3 Å². The highest BCUT2D eigenvalue weighted by Crippen LogP contribution is 2.44. The van der Waals surface area contributed by atoms with Gasteiger partial charge in [0.15, 0.2) is 8.07 Å². The van der Waals surface area contributed by atoms with Crippen molar-refractivity contribution < 1.29 is 9.30 Å². The van der Waals surface area contributed by atoms with Crippen molar-refractivity contribution in [1.82, 2.24) is 14.1 Å². The average Bonchev–Trinajstić information content (AvgIpc) is 4.02. The number of benzene rings is 9. The molecule has 5 heterocycles. The summed E-state index contributed by atoms with van der Waals surface area (Å²) in [4.78, 5) is 5.33. The van der Waals surface area contributed by atoms with E-state index in [0.29, 0.717) is 0 Å². The van der Waals surface area contributed by atoms with Crippen LogP contribution in [0.15, 0.2) is 219 Å². The van der Waals surface area contributed by atoms with E-state index in [9.17, 15) is 0 Å². The lowest BCUT2D eigenvalue weighted by Gasteiger charge is -2.39. The molecular formula is C68H54N4OSi. The van der Waals surface area contributed by atoms with Crippen LogP contribution in [0.25, 0.3) is 83.4 Å². The summed E-state index contributed by atoms with van der Waals surface area (Å²) in [5, 5.41) is 7.74. The van der Waals surface area contributed by atoms with Crippen molar-refractivity contribution in [3.63, 3.8) is 0 Å². The number of para-hydroxylation sites is 3. The van der Waals surface area contributed by atoms with Crippen LogP contribution in [0, 0.1) is 6.33 Å². The van der Waals surface area contributed by atoms with E-state index >= 15 is 0 Å². The number of hydrogen-bond donors (Lipinski definition) is 0. The van der Waals surface area contributed by atoms with Crippen molar-refractivity contribution in [3.05, 3.63) is 236 Å². The van der Waals surface area contributed by atoms with Crippen LogP contribution in [-0.4, -0.2) is 22.2 Å². The molecule has 0 bridgehead atoms. The number of nitrogens with zero attached hydrogens (tertiary/aromatic N) is 4.